The molecule has 0 unspecified atom stereocenters. The van der Waals surface area contributed by atoms with Crippen molar-refractivity contribution in [2.75, 3.05) is 32.4 Å². The van der Waals surface area contributed by atoms with Crippen LogP contribution in [0.5, 0.6) is 28.9 Å². The fraction of sp³-hybridized carbons (Fsp3) is 0.231. The smallest absolute Gasteiger partial charge is 0.490 e. The van der Waals surface area contributed by atoms with Crippen LogP contribution in [0, 0.1) is 11.3 Å². The lowest BCUT2D eigenvalue weighted by atomic mass is 9.98. The molecule has 1 aliphatic rings. The topological polar surface area (TPSA) is 186 Å². The third kappa shape index (κ3) is 8.70. The van der Waals surface area contributed by atoms with Gasteiger partial charge in [-0.3, -0.25) is 0 Å². The maximum absolute atomic E-state index is 10.6. The normalized spacial score (nSPS) is 11.4. The van der Waals surface area contributed by atoms with Gasteiger partial charge in [-0.2, -0.15) is 36.6 Å². The van der Waals surface area contributed by atoms with Gasteiger partial charge in [-0.1, -0.05) is 0 Å². The summed E-state index contributed by atoms with van der Waals surface area (Å²) in [5, 5.41) is 27.2. The summed E-state index contributed by atoms with van der Waals surface area (Å²) in [4.78, 5) is 22.1. The minimum atomic E-state index is -5.08. The van der Waals surface area contributed by atoms with E-state index in [0.717, 1.165) is 22.6 Å². The van der Waals surface area contributed by atoms with Crippen LogP contribution in [0.2, 0.25) is 0 Å². The molecular weight excluding hydrogens is 610 g/mol. The molecule has 0 saturated carbocycles. The summed E-state index contributed by atoms with van der Waals surface area (Å²) >= 11 is 0. The van der Waals surface area contributed by atoms with Crippen LogP contribution in [0.15, 0.2) is 36.4 Å². The molecule has 18 heteroatoms. The van der Waals surface area contributed by atoms with E-state index in [1.165, 1.54) is 0 Å². The standard InChI is InChI=1S/C22H20N4O4.2C2HF3O2/c1-27-14-6-4-13(5-7-14)25-20-15-8-12-9-18(28-2)19(29-3)10-17(12)30-22(15)26-21(24)16(20)11-23;2*3-2(4,5)1(6)7/h4-7,9-10H,8H2,1-3H3,(H3,24,25,26);2*(H,6,7). The SMILES string of the molecule is COc1ccc(Nc2c(C#N)c(N)nc3c2Cc2cc(OC)c(OC)cc2O3)cc1.O=C(O)C(F)(F)F.O=C(O)C(F)(F)F. The molecule has 0 fully saturated rings. The van der Waals surface area contributed by atoms with E-state index in [9.17, 15) is 31.6 Å². The van der Waals surface area contributed by atoms with E-state index in [1.807, 2.05) is 30.3 Å². The zero-order valence-electron chi connectivity index (χ0n) is 22.8. The molecule has 0 aliphatic carbocycles. The maximum atomic E-state index is 10.6. The average molecular weight is 632 g/mol. The molecule has 0 radical (unpaired) electrons. The van der Waals surface area contributed by atoms with E-state index in [4.69, 9.17) is 44.5 Å². The summed E-state index contributed by atoms with van der Waals surface area (Å²) in [6.07, 6.45) is -9.69. The third-order valence-corrected chi connectivity index (χ3v) is 5.38. The monoisotopic (exact) mass is 632 g/mol. The predicted octanol–water partition coefficient (Wildman–Crippen LogP) is 5.27. The Labute approximate surface area is 244 Å². The van der Waals surface area contributed by atoms with Crippen molar-refractivity contribution in [3.05, 3.63) is 53.1 Å². The van der Waals surface area contributed by atoms with Gasteiger partial charge in [0.15, 0.2) is 11.5 Å². The molecule has 1 aromatic heterocycles. The molecule has 44 heavy (non-hydrogen) atoms. The second-order valence-corrected chi connectivity index (χ2v) is 8.20. The van der Waals surface area contributed by atoms with E-state index in [2.05, 4.69) is 16.4 Å². The number of nitrogens with zero attached hydrogens (tertiary/aromatic N) is 2. The highest BCUT2D eigenvalue weighted by atomic mass is 19.4. The van der Waals surface area contributed by atoms with Gasteiger partial charge in [0.1, 0.15) is 28.9 Å². The average Bonchev–Trinajstić information content (AvgIpc) is 2.95. The number of carboxylic acids is 2. The molecule has 0 bridgehead atoms. The Balaban J connectivity index is 0.000000402. The summed E-state index contributed by atoms with van der Waals surface area (Å²) in [5.74, 6) is -2.59. The molecule has 3 aromatic rings. The summed E-state index contributed by atoms with van der Waals surface area (Å²) in [6.45, 7) is 0. The molecule has 0 spiro atoms. The number of pyridine rings is 1. The molecule has 236 valence electrons. The lowest BCUT2D eigenvalue weighted by Crippen LogP contribution is -2.21. The number of benzene rings is 2. The van der Waals surface area contributed by atoms with Crippen molar-refractivity contribution in [3.8, 4) is 34.9 Å². The highest BCUT2D eigenvalue weighted by molar-refractivity contribution is 5.79. The number of rotatable bonds is 5. The number of alkyl halides is 6. The number of carbonyl (C=O) groups is 2. The van der Waals surface area contributed by atoms with Gasteiger partial charge in [-0.15, -0.1) is 0 Å². The maximum Gasteiger partial charge on any atom is 0.490 e. The molecule has 0 saturated heterocycles. The number of ether oxygens (including phenoxy) is 4. The van der Waals surface area contributed by atoms with Crippen LogP contribution in [-0.2, 0) is 16.0 Å². The Kier molecular flexibility index (Phi) is 11.0. The summed E-state index contributed by atoms with van der Waals surface area (Å²) in [7, 11) is 4.75. The second-order valence-electron chi connectivity index (χ2n) is 8.20. The van der Waals surface area contributed by atoms with Gasteiger partial charge < -0.3 is 40.2 Å². The van der Waals surface area contributed by atoms with Crippen molar-refractivity contribution in [2.24, 2.45) is 0 Å². The molecule has 2 aromatic carbocycles. The molecule has 12 nitrogen and oxygen atoms in total. The Hall–Kier alpha value is -5.60. The predicted molar refractivity (Wildman–Crippen MR) is 139 cm³/mol. The van der Waals surface area contributed by atoms with E-state index in [1.54, 1.807) is 27.4 Å². The first-order chi connectivity index (χ1) is 20.5. The van der Waals surface area contributed by atoms with Crippen LogP contribution in [-0.4, -0.2) is 60.8 Å². The number of hydrogen-bond donors (Lipinski definition) is 4. The van der Waals surface area contributed by atoms with E-state index in [-0.39, 0.29) is 11.4 Å². The van der Waals surface area contributed by atoms with Gasteiger partial charge in [0.2, 0.25) is 5.88 Å². The van der Waals surface area contributed by atoms with E-state index >= 15 is 0 Å². The van der Waals surface area contributed by atoms with Crippen molar-refractivity contribution in [1.29, 1.82) is 5.26 Å². The van der Waals surface area contributed by atoms with Crippen LogP contribution in [0.3, 0.4) is 0 Å². The fourth-order valence-corrected chi connectivity index (χ4v) is 3.37. The highest BCUT2D eigenvalue weighted by Gasteiger charge is 2.39. The van der Waals surface area contributed by atoms with Crippen LogP contribution in [0.25, 0.3) is 0 Å². The number of nitrogens with two attached hydrogens (primary N) is 1. The molecule has 5 N–H and O–H groups in total. The number of methoxy groups -OCH3 is 3. The number of fused-ring (bicyclic) bond motifs is 2. The fourth-order valence-electron chi connectivity index (χ4n) is 3.37. The molecular formula is C26H22F6N4O8. The van der Waals surface area contributed by atoms with Crippen LogP contribution in [0.1, 0.15) is 16.7 Å². The quantitative estimate of drug-likeness (QED) is 0.209. The Morgan fingerprint density at radius 1 is 0.955 bits per heavy atom. The summed E-state index contributed by atoms with van der Waals surface area (Å²) in [5.41, 5.74) is 9.27. The van der Waals surface area contributed by atoms with Gasteiger partial charge >= 0.3 is 24.3 Å². The Morgan fingerprint density at radius 2 is 1.45 bits per heavy atom. The van der Waals surface area contributed by atoms with E-state index < -0.39 is 24.3 Å². The largest absolute Gasteiger partial charge is 0.497 e. The first kappa shape index (κ1) is 34.6. The zero-order chi connectivity index (χ0) is 33.4. The number of hydrogen-bond acceptors (Lipinski definition) is 10. The van der Waals surface area contributed by atoms with Gasteiger partial charge in [0.05, 0.1) is 27.0 Å². The summed E-state index contributed by atoms with van der Waals surface area (Å²) < 4.78 is 85.5. The molecule has 1 aliphatic heterocycles. The first-order valence-electron chi connectivity index (χ1n) is 11.6. The highest BCUT2D eigenvalue weighted by Crippen LogP contribution is 2.46. The minimum Gasteiger partial charge on any atom is -0.497 e. The molecule has 0 amide bonds. The van der Waals surface area contributed by atoms with Gasteiger partial charge in [0.25, 0.3) is 0 Å². The zero-order valence-corrected chi connectivity index (χ0v) is 22.8. The first-order valence-corrected chi connectivity index (χ1v) is 11.6. The van der Waals surface area contributed by atoms with Crippen LogP contribution in [0.4, 0.5) is 43.5 Å². The number of aliphatic carboxylic acids is 2. The summed E-state index contributed by atoms with van der Waals surface area (Å²) in [6, 6.07) is 13.1. The number of halogens is 6. The van der Waals surface area contributed by atoms with Gasteiger partial charge in [-0.25, -0.2) is 9.59 Å². The van der Waals surface area contributed by atoms with Gasteiger partial charge in [-0.05, 0) is 30.3 Å². The minimum absolute atomic E-state index is 0.0937. The number of nitrogens with one attached hydrogen (secondary N) is 1. The number of nitriles is 1. The number of anilines is 3. The van der Waals surface area contributed by atoms with Crippen LogP contribution >= 0.6 is 0 Å². The van der Waals surface area contributed by atoms with Gasteiger partial charge in [0, 0.05) is 29.3 Å². The molecule has 2 heterocycles. The lowest BCUT2D eigenvalue weighted by molar-refractivity contribution is -0.193. The number of aromatic nitrogens is 1. The van der Waals surface area contributed by atoms with Crippen molar-refractivity contribution in [2.45, 2.75) is 18.8 Å². The number of carboxylic acid groups (broad SMARTS) is 2. The number of nitrogen functional groups attached to an aromatic ring is 1. The van der Waals surface area contributed by atoms with Crippen molar-refractivity contribution in [1.82, 2.24) is 4.98 Å². The third-order valence-electron chi connectivity index (χ3n) is 5.38. The molecule has 4 rings (SSSR count). The second kappa shape index (κ2) is 14.0. The van der Waals surface area contributed by atoms with Crippen molar-refractivity contribution in [3.63, 3.8) is 0 Å². The Morgan fingerprint density at radius 3 is 1.89 bits per heavy atom. The van der Waals surface area contributed by atoms with Crippen molar-refractivity contribution >= 4 is 29.1 Å². The molecule has 0 atom stereocenters. The van der Waals surface area contributed by atoms with E-state index in [0.29, 0.717) is 35.2 Å². The lowest BCUT2D eigenvalue weighted by Gasteiger charge is -2.24. The van der Waals surface area contributed by atoms with Crippen molar-refractivity contribution < 1.29 is 65.1 Å². The Bertz CT molecular complexity index is 1530. The van der Waals surface area contributed by atoms with Crippen LogP contribution < -0.4 is 30.0 Å².